The molecule has 3 nitrogen and oxygen atoms in total. The number of anilines is 1. The number of sulfone groups is 1. The molecule has 0 aromatic heterocycles. The molecule has 2 rings (SSSR count). The summed E-state index contributed by atoms with van der Waals surface area (Å²) in [5.41, 5.74) is 6.75. The van der Waals surface area contributed by atoms with E-state index in [1.165, 1.54) is 6.07 Å². The van der Waals surface area contributed by atoms with E-state index in [1.807, 2.05) is 18.2 Å². The van der Waals surface area contributed by atoms with Gasteiger partial charge in [-0.05, 0) is 23.8 Å². The van der Waals surface area contributed by atoms with Gasteiger partial charge in [-0.15, -0.1) is 0 Å². The number of nitrogen functional groups attached to an aromatic ring is 1. The summed E-state index contributed by atoms with van der Waals surface area (Å²) in [7, 11) is -3.42. The van der Waals surface area contributed by atoms with E-state index in [1.54, 1.807) is 24.3 Å². The van der Waals surface area contributed by atoms with Crippen LogP contribution in [0.4, 0.5) is 5.69 Å². The Bertz CT molecular complexity index is 654. The number of halogens is 1. The fourth-order valence-corrected chi connectivity index (χ4v) is 3.68. The highest BCUT2D eigenvalue weighted by Gasteiger charge is 2.18. The van der Waals surface area contributed by atoms with Gasteiger partial charge in [-0.2, -0.15) is 0 Å². The minimum atomic E-state index is -3.42. The van der Waals surface area contributed by atoms with Crippen LogP contribution in [0.3, 0.4) is 0 Å². The van der Waals surface area contributed by atoms with E-state index in [4.69, 9.17) is 5.73 Å². The molecule has 0 aliphatic carbocycles. The highest BCUT2D eigenvalue weighted by Crippen LogP contribution is 2.25. The third kappa shape index (κ3) is 2.91. The molecule has 94 valence electrons. The first-order valence-electron chi connectivity index (χ1n) is 5.31. The lowest BCUT2D eigenvalue weighted by molar-refractivity contribution is 0.595. The summed E-state index contributed by atoms with van der Waals surface area (Å²) in [5.74, 6) is -0.0471. The molecule has 0 spiro atoms. The predicted octanol–water partition coefficient (Wildman–Crippen LogP) is 3.01. The summed E-state index contributed by atoms with van der Waals surface area (Å²) in [6.45, 7) is 0. The van der Waals surface area contributed by atoms with Crippen LogP contribution in [0.5, 0.6) is 0 Å². The third-order valence-electron chi connectivity index (χ3n) is 2.51. The Morgan fingerprint density at radius 3 is 2.39 bits per heavy atom. The number of nitrogens with two attached hydrogens (primary N) is 1. The van der Waals surface area contributed by atoms with Gasteiger partial charge in [-0.1, -0.05) is 46.3 Å². The average Bonchev–Trinajstić information content (AvgIpc) is 2.33. The summed E-state index contributed by atoms with van der Waals surface area (Å²) in [5, 5.41) is 0. The van der Waals surface area contributed by atoms with Gasteiger partial charge in [-0.3, -0.25) is 0 Å². The van der Waals surface area contributed by atoms with Crippen LogP contribution in [-0.2, 0) is 15.6 Å². The van der Waals surface area contributed by atoms with Gasteiger partial charge >= 0.3 is 0 Å². The Hall–Kier alpha value is -1.33. The maximum atomic E-state index is 12.3. The summed E-state index contributed by atoms with van der Waals surface area (Å²) in [6.07, 6.45) is 0. The Balaban J connectivity index is 2.40. The first-order valence-corrected chi connectivity index (χ1v) is 7.75. The number of rotatable bonds is 3. The van der Waals surface area contributed by atoms with Crippen molar-refractivity contribution in [3.63, 3.8) is 0 Å². The summed E-state index contributed by atoms with van der Waals surface area (Å²) in [4.78, 5) is 0.167. The standard InChI is InChI=1S/C13H12BrNO2S/c14-11-6-7-12(15)13(8-11)18(16,17)9-10-4-2-1-3-5-10/h1-8H,9,15H2. The zero-order chi connectivity index (χ0) is 13.2. The summed E-state index contributed by atoms with van der Waals surface area (Å²) < 4.78 is 25.2. The van der Waals surface area contributed by atoms with E-state index in [9.17, 15) is 8.42 Å². The van der Waals surface area contributed by atoms with Crippen LogP contribution in [0.1, 0.15) is 5.56 Å². The van der Waals surface area contributed by atoms with Crippen molar-refractivity contribution in [1.82, 2.24) is 0 Å². The molecule has 2 N–H and O–H groups in total. The number of hydrogen-bond acceptors (Lipinski definition) is 3. The van der Waals surface area contributed by atoms with E-state index in [0.717, 1.165) is 5.56 Å². The minimum absolute atomic E-state index is 0.0471. The minimum Gasteiger partial charge on any atom is -0.398 e. The maximum absolute atomic E-state index is 12.3. The van der Waals surface area contributed by atoms with E-state index in [-0.39, 0.29) is 16.3 Å². The van der Waals surface area contributed by atoms with Crippen molar-refractivity contribution in [2.45, 2.75) is 10.6 Å². The fourth-order valence-electron chi connectivity index (χ4n) is 1.65. The van der Waals surface area contributed by atoms with Gasteiger partial charge in [0.1, 0.15) is 0 Å². The Morgan fingerprint density at radius 2 is 1.72 bits per heavy atom. The van der Waals surface area contributed by atoms with Crippen molar-refractivity contribution < 1.29 is 8.42 Å². The van der Waals surface area contributed by atoms with Crippen LogP contribution in [-0.4, -0.2) is 8.42 Å². The molecule has 18 heavy (non-hydrogen) atoms. The molecule has 0 saturated heterocycles. The maximum Gasteiger partial charge on any atom is 0.184 e. The van der Waals surface area contributed by atoms with Crippen molar-refractivity contribution in [2.24, 2.45) is 0 Å². The highest BCUT2D eigenvalue weighted by molar-refractivity contribution is 9.10. The van der Waals surface area contributed by atoms with Crippen LogP contribution in [0.15, 0.2) is 57.9 Å². The van der Waals surface area contributed by atoms with Crippen LogP contribution < -0.4 is 5.73 Å². The molecule has 0 saturated carbocycles. The molecule has 0 unspecified atom stereocenters. The van der Waals surface area contributed by atoms with Crippen LogP contribution in [0.2, 0.25) is 0 Å². The number of benzene rings is 2. The van der Waals surface area contributed by atoms with E-state index in [0.29, 0.717) is 4.47 Å². The molecule has 2 aromatic carbocycles. The fraction of sp³-hybridized carbons (Fsp3) is 0.0769. The Morgan fingerprint density at radius 1 is 1.06 bits per heavy atom. The first-order chi connectivity index (χ1) is 8.49. The molecule has 0 aliphatic heterocycles. The van der Waals surface area contributed by atoms with Gasteiger partial charge in [0, 0.05) is 4.47 Å². The van der Waals surface area contributed by atoms with Crippen LogP contribution in [0, 0.1) is 0 Å². The second-order valence-corrected chi connectivity index (χ2v) is 6.80. The van der Waals surface area contributed by atoms with Crippen LogP contribution in [0.25, 0.3) is 0 Å². The quantitative estimate of drug-likeness (QED) is 0.882. The molecule has 0 heterocycles. The van der Waals surface area contributed by atoms with E-state index in [2.05, 4.69) is 15.9 Å². The lowest BCUT2D eigenvalue weighted by Crippen LogP contribution is -2.07. The zero-order valence-electron chi connectivity index (χ0n) is 9.51. The molecular formula is C13H12BrNO2S. The van der Waals surface area contributed by atoms with Gasteiger partial charge < -0.3 is 5.73 Å². The van der Waals surface area contributed by atoms with Gasteiger partial charge in [-0.25, -0.2) is 8.42 Å². The molecular weight excluding hydrogens is 314 g/mol. The van der Waals surface area contributed by atoms with Crippen molar-refractivity contribution in [3.05, 3.63) is 58.6 Å². The molecule has 0 fully saturated rings. The predicted molar refractivity (Wildman–Crippen MR) is 75.9 cm³/mol. The zero-order valence-corrected chi connectivity index (χ0v) is 11.9. The van der Waals surface area contributed by atoms with Crippen molar-refractivity contribution in [1.29, 1.82) is 0 Å². The van der Waals surface area contributed by atoms with Gasteiger partial charge in [0.05, 0.1) is 16.3 Å². The topological polar surface area (TPSA) is 60.2 Å². The second kappa shape index (κ2) is 5.12. The van der Waals surface area contributed by atoms with Crippen LogP contribution >= 0.6 is 15.9 Å². The number of hydrogen-bond donors (Lipinski definition) is 1. The summed E-state index contributed by atoms with van der Waals surface area (Å²) in [6, 6.07) is 13.9. The normalized spacial score (nSPS) is 11.4. The molecule has 0 amide bonds. The average molecular weight is 326 g/mol. The monoisotopic (exact) mass is 325 g/mol. The highest BCUT2D eigenvalue weighted by atomic mass is 79.9. The lowest BCUT2D eigenvalue weighted by Gasteiger charge is -2.08. The van der Waals surface area contributed by atoms with E-state index < -0.39 is 9.84 Å². The first kappa shape index (κ1) is 13.1. The second-order valence-electron chi connectivity index (χ2n) is 3.93. The van der Waals surface area contributed by atoms with Gasteiger partial charge in [0.15, 0.2) is 9.84 Å². The van der Waals surface area contributed by atoms with Crippen molar-refractivity contribution in [2.75, 3.05) is 5.73 Å². The molecule has 5 heteroatoms. The third-order valence-corrected chi connectivity index (χ3v) is 4.74. The smallest absolute Gasteiger partial charge is 0.184 e. The Labute approximate surface area is 115 Å². The molecule has 0 radical (unpaired) electrons. The SMILES string of the molecule is Nc1ccc(Br)cc1S(=O)(=O)Cc1ccccc1. The lowest BCUT2D eigenvalue weighted by atomic mass is 10.2. The summed E-state index contributed by atoms with van der Waals surface area (Å²) >= 11 is 3.25. The Kier molecular flexibility index (Phi) is 3.73. The molecule has 0 bridgehead atoms. The van der Waals surface area contributed by atoms with Gasteiger partial charge in [0.2, 0.25) is 0 Å². The molecule has 2 aromatic rings. The molecule has 0 atom stereocenters. The van der Waals surface area contributed by atoms with E-state index >= 15 is 0 Å². The van der Waals surface area contributed by atoms with Gasteiger partial charge in [0.25, 0.3) is 0 Å². The molecule has 0 aliphatic rings. The van der Waals surface area contributed by atoms with Crippen molar-refractivity contribution >= 4 is 31.5 Å². The largest absolute Gasteiger partial charge is 0.398 e. The van der Waals surface area contributed by atoms with Crippen molar-refractivity contribution in [3.8, 4) is 0 Å².